The highest BCUT2D eigenvalue weighted by Gasteiger charge is 2.24. The summed E-state index contributed by atoms with van der Waals surface area (Å²) in [7, 11) is -3.87. The summed E-state index contributed by atoms with van der Waals surface area (Å²) in [4.78, 5) is 50.5. The van der Waals surface area contributed by atoms with E-state index in [2.05, 4.69) is 0 Å². The Morgan fingerprint density at radius 2 is 1.06 bits per heavy atom. The number of nitrogen functional groups attached to an aromatic ring is 1. The number of carbonyl (C=O) groups is 2. The van der Waals surface area contributed by atoms with Gasteiger partial charge in [0.15, 0.2) is 10.9 Å². The number of hydrogen-bond donors (Lipinski definition) is 1. The van der Waals surface area contributed by atoms with Crippen molar-refractivity contribution in [2.45, 2.75) is 23.6 Å². The molecule has 0 spiro atoms. The summed E-state index contributed by atoms with van der Waals surface area (Å²) in [5.41, 5.74) is 6.01. The molecule has 0 amide bonds. The van der Waals surface area contributed by atoms with Crippen LogP contribution in [0.5, 0.6) is 0 Å². The Bertz CT molecular complexity index is 2680. The molecule has 7 rings (SSSR count). The van der Waals surface area contributed by atoms with Gasteiger partial charge >= 0.3 is 11.9 Å². The normalized spacial score (nSPS) is 11.3. The van der Waals surface area contributed by atoms with Gasteiger partial charge in [0.2, 0.25) is 9.84 Å². The number of hydrogen-bond acceptors (Lipinski definition) is 11. The van der Waals surface area contributed by atoms with Crippen LogP contribution in [0.3, 0.4) is 0 Å². The number of fused-ring (bicyclic) bond motifs is 4. The van der Waals surface area contributed by atoms with E-state index in [0.29, 0.717) is 35.9 Å². The number of nitrogens with two attached hydrogens (primary N) is 1. The van der Waals surface area contributed by atoms with E-state index in [1.807, 2.05) is 18.2 Å². The number of esters is 2. The molecular formula is C38H29NO8S3. The van der Waals surface area contributed by atoms with Crippen molar-refractivity contribution in [1.29, 1.82) is 0 Å². The molecule has 0 aliphatic carbocycles. The molecule has 0 saturated carbocycles. The van der Waals surface area contributed by atoms with E-state index >= 15 is 0 Å². The minimum atomic E-state index is -3.87. The molecule has 0 saturated heterocycles. The van der Waals surface area contributed by atoms with Crippen molar-refractivity contribution in [3.8, 4) is 0 Å². The molecule has 0 aliphatic rings. The highest BCUT2D eigenvalue weighted by molar-refractivity contribution is 7.91. The van der Waals surface area contributed by atoms with Crippen LogP contribution in [-0.2, 0) is 19.3 Å². The Balaban J connectivity index is 0.000000182. The van der Waals surface area contributed by atoms with E-state index in [0.717, 1.165) is 4.70 Å². The summed E-state index contributed by atoms with van der Waals surface area (Å²) in [6.07, 6.45) is 0. The minimum absolute atomic E-state index is 0.0362. The van der Waals surface area contributed by atoms with Crippen LogP contribution in [0.1, 0.15) is 34.6 Å². The molecule has 0 fully saturated rings. The molecule has 50 heavy (non-hydrogen) atoms. The fourth-order valence-electron chi connectivity index (χ4n) is 5.48. The monoisotopic (exact) mass is 723 g/mol. The van der Waals surface area contributed by atoms with E-state index in [4.69, 9.17) is 15.2 Å². The maximum absolute atomic E-state index is 13.1. The molecule has 2 N–H and O–H groups in total. The average molecular weight is 724 g/mol. The summed E-state index contributed by atoms with van der Waals surface area (Å²) in [6.45, 7) is 3.74. The van der Waals surface area contributed by atoms with E-state index in [9.17, 15) is 27.6 Å². The van der Waals surface area contributed by atoms with Crippen LogP contribution < -0.4 is 16.6 Å². The summed E-state index contributed by atoms with van der Waals surface area (Å²) in [6, 6.07) is 28.3. The van der Waals surface area contributed by atoms with E-state index in [1.165, 1.54) is 53.0 Å². The fraction of sp³-hybridized carbons (Fsp3) is 0.105. The maximum atomic E-state index is 13.1. The molecule has 9 nitrogen and oxygen atoms in total. The van der Waals surface area contributed by atoms with Crippen molar-refractivity contribution in [2.24, 2.45) is 0 Å². The largest absolute Gasteiger partial charge is 0.462 e. The van der Waals surface area contributed by atoms with Gasteiger partial charge < -0.3 is 15.2 Å². The summed E-state index contributed by atoms with van der Waals surface area (Å²) in [5, 5.41) is 1.64. The first-order valence-corrected chi connectivity index (χ1v) is 18.6. The van der Waals surface area contributed by atoms with Crippen molar-refractivity contribution in [3.63, 3.8) is 0 Å². The quantitative estimate of drug-likeness (QED) is 0.104. The lowest BCUT2D eigenvalue weighted by atomic mass is 10.1. The smallest absolute Gasteiger partial charge is 0.338 e. The average Bonchev–Trinajstić information content (AvgIpc) is 3.11. The topological polar surface area (TPSA) is 147 Å². The highest BCUT2D eigenvalue weighted by Crippen LogP contribution is 2.32. The Labute approximate surface area is 294 Å². The van der Waals surface area contributed by atoms with Crippen LogP contribution in [0, 0.1) is 0 Å². The first-order chi connectivity index (χ1) is 24.0. The van der Waals surface area contributed by atoms with Crippen LogP contribution in [0.15, 0.2) is 123 Å². The number of carbonyl (C=O) groups excluding carboxylic acids is 2. The van der Waals surface area contributed by atoms with Gasteiger partial charge in [0.05, 0.1) is 44.9 Å². The predicted octanol–water partition coefficient (Wildman–Crippen LogP) is 7.60. The lowest BCUT2D eigenvalue weighted by Crippen LogP contribution is -2.13. The van der Waals surface area contributed by atoms with Gasteiger partial charge in [-0.05, 0) is 74.5 Å². The van der Waals surface area contributed by atoms with Crippen molar-refractivity contribution >= 4 is 90.5 Å². The second-order valence-electron chi connectivity index (χ2n) is 10.9. The number of anilines is 1. The molecule has 0 aliphatic heterocycles. The molecule has 0 unspecified atom stereocenters. The number of rotatable bonds is 6. The molecule has 252 valence electrons. The zero-order valence-electron chi connectivity index (χ0n) is 26.8. The Morgan fingerprint density at radius 3 is 1.58 bits per heavy atom. The van der Waals surface area contributed by atoms with Crippen LogP contribution in [0.4, 0.5) is 5.69 Å². The van der Waals surface area contributed by atoms with Gasteiger partial charge in [-0.15, -0.1) is 22.7 Å². The summed E-state index contributed by atoms with van der Waals surface area (Å²) >= 11 is 2.71. The summed E-state index contributed by atoms with van der Waals surface area (Å²) in [5.74, 6) is -1.24. The molecule has 0 atom stereocenters. The Hall–Kier alpha value is -5.43. The molecule has 0 bridgehead atoms. The molecule has 5 aromatic carbocycles. The van der Waals surface area contributed by atoms with Gasteiger partial charge in [0, 0.05) is 35.3 Å². The van der Waals surface area contributed by atoms with Crippen molar-refractivity contribution in [2.75, 3.05) is 18.9 Å². The lowest BCUT2D eigenvalue weighted by molar-refractivity contribution is 0.0519. The fourth-order valence-corrected chi connectivity index (χ4v) is 9.19. The van der Waals surface area contributed by atoms with Crippen LogP contribution in [-0.4, -0.2) is 33.6 Å². The molecular weight excluding hydrogens is 695 g/mol. The first-order valence-electron chi connectivity index (χ1n) is 15.4. The first kappa shape index (κ1) is 34.4. The molecule has 2 heterocycles. The molecule has 12 heteroatoms. The van der Waals surface area contributed by atoms with Gasteiger partial charge in [0.25, 0.3) is 0 Å². The molecule has 0 radical (unpaired) electrons. The van der Waals surface area contributed by atoms with Crippen LogP contribution >= 0.6 is 22.7 Å². The van der Waals surface area contributed by atoms with Crippen LogP contribution in [0.2, 0.25) is 0 Å². The maximum Gasteiger partial charge on any atom is 0.338 e. The second kappa shape index (κ2) is 14.2. The number of ether oxygens (including phenoxy) is 2. The number of benzene rings is 5. The van der Waals surface area contributed by atoms with Gasteiger partial charge in [-0.2, -0.15) is 0 Å². The molecule has 7 aromatic rings. The predicted molar refractivity (Wildman–Crippen MR) is 199 cm³/mol. The third-order valence-corrected chi connectivity index (χ3v) is 11.7. The van der Waals surface area contributed by atoms with E-state index in [1.54, 1.807) is 68.4 Å². The third kappa shape index (κ3) is 6.48. The standard InChI is InChI=1S/C22H16O5S2.C16H13NO3S/c1-2-27-22(24)17-12-15(29(25,26)14-8-4-3-5-9-14)13-19-20(17)21(23)16-10-6-7-11-18(16)28-19;1-2-20-16(19)11-7-9(17)8-13-14(11)15(18)10-5-3-4-6-12(10)21-13/h3-13H,2H2,1H3;3-8H,2,17H2,1H3. The van der Waals surface area contributed by atoms with Gasteiger partial charge in [-0.1, -0.05) is 42.5 Å². The van der Waals surface area contributed by atoms with Gasteiger partial charge in [-0.25, -0.2) is 18.0 Å². The van der Waals surface area contributed by atoms with Crippen LogP contribution in [0.25, 0.3) is 40.3 Å². The SMILES string of the molecule is CCOC(=O)c1cc(N)cc2sc3ccccc3c(=O)c12.CCOC(=O)c1cc(S(=O)(=O)c2ccccc2)cc2sc3ccccc3c(=O)c12. The Kier molecular flexibility index (Phi) is 9.78. The van der Waals surface area contributed by atoms with Gasteiger partial charge in [0.1, 0.15) is 0 Å². The van der Waals surface area contributed by atoms with Crippen molar-refractivity contribution in [3.05, 3.63) is 135 Å². The van der Waals surface area contributed by atoms with Gasteiger partial charge in [-0.3, -0.25) is 9.59 Å². The summed E-state index contributed by atoms with van der Waals surface area (Å²) < 4.78 is 39.1. The second-order valence-corrected chi connectivity index (χ2v) is 15.0. The minimum Gasteiger partial charge on any atom is -0.462 e. The zero-order valence-corrected chi connectivity index (χ0v) is 29.2. The lowest BCUT2D eigenvalue weighted by Gasteiger charge is -2.11. The third-order valence-electron chi connectivity index (χ3n) is 7.71. The Morgan fingerprint density at radius 1 is 0.600 bits per heavy atom. The zero-order chi connectivity index (χ0) is 35.6. The highest BCUT2D eigenvalue weighted by atomic mass is 32.2. The molecule has 2 aromatic heterocycles. The van der Waals surface area contributed by atoms with E-state index in [-0.39, 0.29) is 50.4 Å². The number of sulfone groups is 1. The van der Waals surface area contributed by atoms with Crippen molar-refractivity contribution < 1.29 is 27.5 Å². The van der Waals surface area contributed by atoms with Crippen molar-refractivity contribution in [1.82, 2.24) is 0 Å². The van der Waals surface area contributed by atoms with E-state index < -0.39 is 21.8 Å².